The SMILES string of the molecule is CC[C@H](C)Nc1ccc(F)cc1C. The molecule has 1 aromatic carbocycles. The highest BCUT2D eigenvalue weighted by Gasteiger charge is 2.02. The molecule has 0 unspecified atom stereocenters. The molecule has 72 valence electrons. The molecule has 13 heavy (non-hydrogen) atoms. The Hall–Kier alpha value is -1.05. The van der Waals surface area contributed by atoms with Crippen LogP contribution in [0.1, 0.15) is 25.8 Å². The summed E-state index contributed by atoms with van der Waals surface area (Å²) in [7, 11) is 0. The average Bonchev–Trinajstić information content (AvgIpc) is 2.09. The Kier molecular flexibility index (Phi) is 3.29. The zero-order valence-electron chi connectivity index (χ0n) is 8.39. The summed E-state index contributed by atoms with van der Waals surface area (Å²) in [6.07, 6.45) is 1.07. The summed E-state index contributed by atoms with van der Waals surface area (Å²) in [5.41, 5.74) is 1.98. The zero-order valence-corrected chi connectivity index (χ0v) is 8.39. The molecule has 0 aliphatic carbocycles. The van der Waals surface area contributed by atoms with Crippen LogP contribution in [0.15, 0.2) is 18.2 Å². The Bertz CT molecular complexity index is 283. The first kappa shape index (κ1) is 10.0. The fraction of sp³-hybridized carbons (Fsp3) is 0.455. The van der Waals surface area contributed by atoms with Crippen molar-refractivity contribution in [1.29, 1.82) is 0 Å². The van der Waals surface area contributed by atoms with Gasteiger partial charge < -0.3 is 5.32 Å². The third-order valence-corrected chi connectivity index (χ3v) is 2.20. The van der Waals surface area contributed by atoms with Gasteiger partial charge in [-0.25, -0.2) is 4.39 Å². The lowest BCUT2D eigenvalue weighted by atomic mass is 10.1. The Labute approximate surface area is 79.0 Å². The first-order valence-electron chi connectivity index (χ1n) is 4.66. The fourth-order valence-corrected chi connectivity index (χ4v) is 1.16. The maximum atomic E-state index is 12.7. The van der Waals surface area contributed by atoms with Crippen molar-refractivity contribution in [2.75, 3.05) is 5.32 Å². The summed E-state index contributed by atoms with van der Waals surface area (Å²) in [5.74, 6) is -0.174. The van der Waals surface area contributed by atoms with Crippen molar-refractivity contribution in [2.24, 2.45) is 0 Å². The van der Waals surface area contributed by atoms with Gasteiger partial charge >= 0.3 is 0 Å². The molecule has 0 aliphatic heterocycles. The summed E-state index contributed by atoms with van der Waals surface area (Å²) >= 11 is 0. The molecule has 0 spiro atoms. The molecule has 0 fully saturated rings. The predicted octanol–water partition coefficient (Wildman–Crippen LogP) is 3.34. The van der Waals surface area contributed by atoms with E-state index in [1.807, 2.05) is 6.92 Å². The Morgan fingerprint density at radius 2 is 2.15 bits per heavy atom. The largest absolute Gasteiger partial charge is 0.382 e. The molecule has 0 bridgehead atoms. The minimum absolute atomic E-state index is 0.174. The summed E-state index contributed by atoms with van der Waals surface area (Å²) in [6.45, 7) is 6.15. The number of aryl methyl sites for hydroxylation is 1. The van der Waals surface area contributed by atoms with Crippen LogP contribution in [0.2, 0.25) is 0 Å². The van der Waals surface area contributed by atoms with Crippen LogP contribution in [0, 0.1) is 12.7 Å². The van der Waals surface area contributed by atoms with Gasteiger partial charge in [0.25, 0.3) is 0 Å². The molecule has 0 radical (unpaired) electrons. The van der Waals surface area contributed by atoms with Gasteiger partial charge in [0, 0.05) is 11.7 Å². The second-order valence-electron chi connectivity index (χ2n) is 3.41. The van der Waals surface area contributed by atoms with Gasteiger partial charge in [0.2, 0.25) is 0 Å². The second-order valence-corrected chi connectivity index (χ2v) is 3.41. The van der Waals surface area contributed by atoms with E-state index in [2.05, 4.69) is 19.2 Å². The number of hydrogen-bond acceptors (Lipinski definition) is 1. The van der Waals surface area contributed by atoms with E-state index in [-0.39, 0.29) is 5.82 Å². The van der Waals surface area contributed by atoms with E-state index in [0.29, 0.717) is 6.04 Å². The molecular weight excluding hydrogens is 165 g/mol. The molecule has 1 nitrogen and oxygen atoms in total. The molecule has 0 aromatic heterocycles. The Balaban J connectivity index is 2.77. The molecule has 0 amide bonds. The summed E-state index contributed by atoms with van der Waals surface area (Å²) in [6, 6.07) is 5.25. The van der Waals surface area contributed by atoms with Crippen LogP contribution < -0.4 is 5.32 Å². The lowest BCUT2D eigenvalue weighted by molar-refractivity contribution is 0.626. The van der Waals surface area contributed by atoms with Crippen LogP contribution in [0.4, 0.5) is 10.1 Å². The second kappa shape index (κ2) is 4.26. The van der Waals surface area contributed by atoms with Crippen LogP contribution in [0.25, 0.3) is 0 Å². The van der Waals surface area contributed by atoms with E-state index in [0.717, 1.165) is 17.7 Å². The van der Waals surface area contributed by atoms with Gasteiger partial charge in [-0.2, -0.15) is 0 Å². The lowest BCUT2D eigenvalue weighted by Gasteiger charge is -2.14. The van der Waals surface area contributed by atoms with Gasteiger partial charge in [0.15, 0.2) is 0 Å². The van der Waals surface area contributed by atoms with Crippen molar-refractivity contribution < 1.29 is 4.39 Å². The van der Waals surface area contributed by atoms with Crippen molar-refractivity contribution >= 4 is 5.69 Å². The van der Waals surface area contributed by atoms with E-state index in [4.69, 9.17) is 0 Å². The molecule has 2 heteroatoms. The summed E-state index contributed by atoms with van der Waals surface area (Å²) in [5, 5.41) is 3.32. The highest BCUT2D eigenvalue weighted by atomic mass is 19.1. The zero-order chi connectivity index (χ0) is 9.84. The van der Waals surface area contributed by atoms with Gasteiger partial charge in [-0.05, 0) is 44.0 Å². The van der Waals surface area contributed by atoms with Crippen molar-refractivity contribution in [1.82, 2.24) is 0 Å². The molecule has 0 aliphatic rings. The maximum Gasteiger partial charge on any atom is 0.123 e. The number of anilines is 1. The molecule has 0 saturated heterocycles. The van der Waals surface area contributed by atoms with Crippen LogP contribution in [-0.2, 0) is 0 Å². The molecule has 1 N–H and O–H groups in total. The monoisotopic (exact) mass is 181 g/mol. The van der Waals surface area contributed by atoms with Gasteiger partial charge in [-0.15, -0.1) is 0 Å². The summed E-state index contributed by atoms with van der Waals surface area (Å²) in [4.78, 5) is 0. The minimum Gasteiger partial charge on any atom is -0.382 e. The molecule has 0 heterocycles. The van der Waals surface area contributed by atoms with Crippen molar-refractivity contribution in [3.63, 3.8) is 0 Å². The number of hydrogen-bond donors (Lipinski definition) is 1. The van der Waals surface area contributed by atoms with E-state index in [1.54, 1.807) is 12.1 Å². The normalized spacial score (nSPS) is 12.6. The first-order chi connectivity index (χ1) is 6.13. The van der Waals surface area contributed by atoms with Crippen molar-refractivity contribution in [2.45, 2.75) is 33.2 Å². The molecule has 0 saturated carbocycles. The predicted molar refractivity (Wildman–Crippen MR) is 54.5 cm³/mol. The van der Waals surface area contributed by atoms with E-state index < -0.39 is 0 Å². The standard InChI is InChI=1S/C11H16FN/c1-4-9(3)13-11-6-5-10(12)7-8(11)2/h5-7,9,13H,4H2,1-3H3/t9-/m0/s1. The van der Waals surface area contributed by atoms with Crippen LogP contribution in [0.5, 0.6) is 0 Å². The van der Waals surface area contributed by atoms with Crippen molar-refractivity contribution in [3.05, 3.63) is 29.6 Å². The molecule has 1 rings (SSSR count). The Morgan fingerprint density at radius 1 is 1.46 bits per heavy atom. The van der Waals surface area contributed by atoms with Gasteiger partial charge in [-0.3, -0.25) is 0 Å². The highest BCUT2D eigenvalue weighted by Crippen LogP contribution is 2.16. The quantitative estimate of drug-likeness (QED) is 0.754. The van der Waals surface area contributed by atoms with Crippen LogP contribution >= 0.6 is 0 Å². The fourth-order valence-electron chi connectivity index (χ4n) is 1.16. The third kappa shape index (κ3) is 2.72. The van der Waals surface area contributed by atoms with Gasteiger partial charge in [0.05, 0.1) is 0 Å². The van der Waals surface area contributed by atoms with Gasteiger partial charge in [-0.1, -0.05) is 6.92 Å². The van der Waals surface area contributed by atoms with Crippen molar-refractivity contribution in [3.8, 4) is 0 Å². The minimum atomic E-state index is -0.174. The number of halogens is 1. The summed E-state index contributed by atoms with van der Waals surface area (Å²) < 4.78 is 12.7. The van der Waals surface area contributed by atoms with E-state index in [1.165, 1.54) is 6.07 Å². The number of benzene rings is 1. The molecule has 1 aromatic rings. The van der Waals surface area contributed by atoms with Gasteiger partial charge in [0.1, 0.15) is 5.82 Å². The number of nitrogens with one attached hydrogen (secondary N) is 1. The lowest BCUT2D eigenvalue weighted by Crippen LogP contribution is -2.14. The average molecular weight is 181 g/mol. The van der Waals surface area contributed by atoms with E-state index in [9.17, 15) is 4.39 Å². The molecular formula is C11H16FN. The van der Waals surface area contributed by atoms with Crippen LogP contribution in [-0.4, -0.2) is 6.04 Å². The first-order valence-corrected chi connectivity index (χ1v) is 4.66. The third-order valence-electron chi connectivity index (χ3n) is 2.20. The maximum absolute atomic E-state index is 12.7. The topological polar surface area (TPSA) is 12.0 Å². The highest BCUT2D eigenvalue weighted by molar-refractivity contribution is 5.51. The molecule has 1 atom stereocenters. The Morgan fingerprint density at radius 3 is 2.69 bits per heavy atom. The van der Waals surface area contributed by atoms with E-state index >= 15 is 0 Å². The number of rotatable bonds is 3. The van der Waals surface area contributed by atoms with Crippen LogP contribution in [0.3, 0.4) is 0 Å². The smallest absolute Gasteiger partial charge is 0.123 e.